The molecule has 0 saturated carbocycles. The summed E-state index contributed by atoms with van der Waals surface area (Å²) in [4.78, 5) is 27.7. The molecule has 3 aromatic rings. The van der Waals surface area contributed by atoms with Crippen LogP contribution in [0, 0.1) is 0 Å². The van der Waals surface area contributed by atoms with E-state index in [2.05, 4.69) is 5.32 Å². The van der Waals surface area contributed by atoms with Gasteiger partial charge in [0.25, 0.3) is 5.91 Å². The van der Waals surface area contributed by atoms with E-state index in [0.717, 1.165) is 9.87 Å². The molecule has 2 amide bonds. The van der Waals surface area contributed by atoms with E-state index in [1.165, 1.54) is 23.1 Å². The van der Waals surface area contributed by atoms with Crippen LogP contribution in [-0.4, -0.2) is 56.8 Å². The SMILES string of the molecule is CCN(CC(=O)N1CC(C(=O)NCCc2ccccc2)Oc2ccccc21)S(=O)(=O)c1cc(Cl)ccc1Cl. The maximum Gasteiger partial charge on any atom is 0.262 e. The number of benzene rings is 3. The summed E-state index contributed by atoms with van der Waals surface area (Å²) in [5.74, 6) is -0.510. The van der Waals surface area contributed by atoms with E-state index in [9.17, 15) is 18.0 Å². The van der Waals surface area contributed by atoms with Gasteiger partial charge in [-0.3, -0.25) is 9.59 Å². The molecule has 0 spiro atoms. The summed E-state index contributed by atoms with van der Waals surface area (Å²) in [6, 6.07) is 20.7. The van der Waals surface area contributed by atoms with E-state index in [0.29, 0.717) is 24.4 Å². The van der Waals surface area contributed by atoms with Crippen molar-refractivity contribution >= 4 is 50.7 Å². The Balaban J connectivity index is 1.50. The van der Waals surface area contributed by atoms with E-state index >= 15 is 0 Å². The van der Waals surface area contributed by atoms with Crippen molar-refractivity contribution in [2.24, 2.45) is 0 Å². The van der Waals surface area contributed by atoms with E-state index in [-0.39, 0.29) is 33.9 Å². The first-order chi connectivity index (χ1) is 18.2. The van der Waals surface area contributed by atoms with Gasteiger partial charge < -0.3 is 15.0 Å². The van der Waals surface area contributed by atoms with Gasteiger partial charge in [0.1, 0.15) is 10.6 Å². The molecule has 8 nitrogen and oxygen atoms in total. The Morgan fingerprint density at radius 1 is 1.05 bits per heavy atom. The van der Waals surface area contributed by atoms with Crippen LogP contribution in [0.1, 0.15) is 12.5 Å². The molecule has 0 aromatic heterocycles. The Labute approximate surface area is 232 Å². The molecule has 0 fully saturated rings. The van der Waals surface area contributed by atoms with Gasteiger partial charge in [0.2, 0.25) is 15.9 Å². The zero-order valence-corrected chi connectivity index (χ0v) is 23.0. The molecule has 200 valence electrons. The molecule has 4 rings (SSSR count). The highest BCUT2D eigenvalue weighted by atomic mass is 35.5. The molecule has 3 aromatic carbocycles. The van der Waals surface area contributed by atoms with Gasteiger partial charge in [-0.2, -0.15) is 4.31 Å². The van der Waals surface area contributed by atoms with Gasteiger partial charge >= 0.3 is 0 Å². The number of nitrogens with one attached hydrogen (secondary N) is 1. The van der Waals surface area contributed by atoms with Gasteiger partial charge in [0.05, 0.1) is 23.8 Å². The predicted molar refractivity (Wildman–Crippen MR) is 147 cm³/mol. The number of carbonyl (C=O) groups excluding carboxylic acids is 2. The van der Waals surface area contributed by atoms with Crippen molar-refractivity contribution in [2.45, 2.75) is 24.3 Å². The van der Waals surface area contributed by atoms with E-state index in [4.69, 9.17) is 27.9 Å². The molecule has 1 N–H and O–H groups in total. The molecule has 1 aliphatic rings. The Bertz CT molecular complexity index is 1420. The second-order valence-corrected chi connectivity index (χ2v) is 11.4. The average Bonchev–Trinajstić information content (AvgIpc) is 2.92. The van der Waals surface area contributed by atoms with Gasteiger partial charge in [0, 0.05) is 18.1 Å². The number of nitrogens with zero attached hydrogens (tertiary/aromatic N) is 2. The molecule has 38 heavy (non-hydrogen) atoms. The minimum atomic E-state index is -4.12. The van der Waals surface area contributed by atoms with Gasteiger partial charge in [-0.25, -0.2) is 8.42 Å². The predicted octanol–water partition coefficient (Wildman–Crippen LogP) is 4.16. The number of fused-ring (bicyclic) bond motifs is 1. The lowest BCUT2D eigenvalue weighted by atomic mass is 10.1. The third-order valence-corrected chi connectivity index (χ3v) is 8.74. The summed E-state index contributed by atoms with van der Waals surface area (Å²) in [5, 5.41) is 3.08. The lowest BCUT2D eigenvalue weighted by molar-refractivity contribution is -0.128. The van der Waals surface area contributed by atoms with Crippen LogP contribution in [0.5, 0.6) is 5.75 Å². The number of halogens is 2. The third-order valence-electron chi connectivity index (χ3n) is 6.10. The van der Waals surface area contributed by atoms with Crippen LogP contribution in [0.25, 0.3) is 0 Å². The fourth-order valence-corrected chi connectivity index (χ4v) is 6.25. The van der Waals surface area contributed by atoms with Gasteiger partial charge in [0.15, 0.2) is 6.10 Å². The maximum absolute atomic E-state index is 13.5. The van der Waals surface area contributed by atoms with Gasteiger partial charge in [-0.05, 0) is 42.3 Å². The topological polar surface area (TPSA) is 96.0 Å². The minimum absolute atomic E-state index is 0.00394. The number of hydrogen-bond acceptors (Lipinski definition) is 5. The first kappa shape index (κ1) is 27.9. The Hall–Kier alpha value is -3.11. The van der Waals surface area contributed by atoms with Gasteiger partial charge in [-0.1, -0.05) is 72.6 Å². The van der Waals surface area contributed by atoms with Crippen molar-refractivity contribution in [1.82, 2.24) is 9.62 Å². The van der Waals surface area contributed by atoms with Gasteiger partial charge in [-0.15, -0.1) is 0 Å². The molecular formula is C27H27Cl2N3O5S. The first-order valence-electron chi connectivity index (χ1n) is 12.0. The smallest absolute Gasteiger partial charge is 0.262 e. The Morgan fingerprint density at radius 2 is 1.76 bits per heavy atom. The molecule has 0 aliphatic carbocycles. The number of sulfonamides is 1. The molecule has 0 radical (unpaired) electrons. The molecule has 0 bridgehead atoms. The molecule has 1 atom stereocenters. The first-order valence-corrected chi connectivity index (χ1v) is 14.2. The molecule has 1 unspecified atom stereocenters. The molecular weight excluding hydrogens is 549 g/mol. The molecule has 0 saturated heterocycles. The number of rotatable bonds is 9. The lowest BCUT2D eigenvalue weighted by Gasteiger charge is -2.35. The fraction of sp³-hybridized carbons (Fsp3) is 0.259. The summed E-state index contributed by atoms with van der Waals surface area (Å²) in [6.45, 7) is 1.52. The summed E-state index contributed by atoms with van der Waals surface area (Å²) in [6.07, 6.45) is -0.313. The van der Waals surface area contributed by atoms with Crippen molar-refractivity contribution in [2.75, 3.05) is 31.1 Å². The van der Waals surface area contributed by atoms with Crippen LogP contribution < -0.4 is 15.0 Å². The second-order valence-electron chi connectivity index (χ2n) is 8.61. The highest BCUT2D eigenvalue weighted by Gasteiger charge is 2.36. The van der Waals surface area contributed by atoms with Crippen molar-refractivity contribution in [3.05, 3.63) is 88.4 Å². The van der Waals surface area contributed by atoms with E-state index in [1.54, 1.807) is 31.2 Å². The Kier molecular flexibility index (Phi) is 8.94. The average molecular weight is 577 g/mol. The van der Waals surface area contributed by atoms with Crippen molar-refractivity contribution in [1.29, 1.82) is 0 Å². The summed E-state index contributed by atoms with van der Waals surface area (Å²) < 4.78 is 33.6. The quantitative estimate of drug-likeness (QED) is 0.413. The minimum Gasteiger partial charge on any atom is -0.477 e. The van der Waals surface area contributed by atoms with E-state index in [1.807, 2.05) is 30.3 Å². The van der Waals surface area contributed by atoms with Crippen LogP contribution >= 0.6 is 23.2 Å². The number of ether oxygens (including phenoxy) is 1. The highest BCUT2D eigenvalue weighted by molar-refractivity contribution is 7.89. The van der Waals surface area contributed by atoms with Crippen LogP contribution in [0.2, 0.25) is 10.0 Å². The highest BCUT2D eigenvalue weighted by Crippen LogP contribution is 2.34. The Morgan fingerprint density at radius 3 is 2.50 bits per heavy atom. The third kappa shape index (κ3) is 6.30. The summed E-state index contributed by atoms with van der Waals surface area (Å²) >= 11 is 12.2. The fourth-order valence-electron chi connectivity index (χ4n) is 4.11. The number of para-hydroxylation sites is 2. The maximum atomic E-state index is 13.5. The van der Waals surface area contributed by atoms with Crippen LogP contribution in [0.4, 0.5) is 5.69 Å². The number of amides is 2. The lowest BCUT2D eigenvalue weighted by Crippen LogP contribution is -2.53. The van der Waals surface area contributed by atoms with Crippen molar-refractivity contribution < 1.29 is 22.7 Å². The number of carbonyl (C=O) groups is 2. The van der Waals surface area contributed by atoms with Crippen LogP contribution in [-0.2, 0) is 26.0 Å². The number of anilines is 1. The monoisotopic (exact) mass is 575 g/mol. The number of likely N-dealkylation sites (N-methyl/N-ethyl adjacent to an activating group) is 1. The van der Waals surface area contributed by atoms with Crippen molar-refractivity contribution in [3.8, 4) is 5.75 Å². The second kappa shape index (κ2) is 12.2. The largest absolute Gasteiger partial charge is 0.477 e. The van der Waals surface area contributed by atoms with Crippen LogP contribution in [0.15, 0.2) is 77.7 Å². The molecule has 1 aliphatic heterocycles. The molecule has 1 heterocycles. The standard InChI is InChI=1S/C27H27Cl2N3O5S/c1-2-31(38(35,36)25-16-20(28)12-13-21(25)29)18-26(33)32-17-24(37-23-11-7-6-10-22(23)32)27(34)30-15-14-19-8-4-3-5-9-19/h3-13,16,24H,2,14-15,17-18H2,1H3,(H,30,34). The molecule has 11 heteroatoms. The van der Waals surface area contributed by atoms with Crippen LogP contribution in [0.3, 0.4) is 0 Å². The van der Waals surface area contributed by atoms with E-state index < -0.39 is 28.6 Å². The number of hydrogen-bond donors (Lipinski definition) is 1. The summed E-state index contributed by atoms with van der Waals surface area (Å²) in [5.41, 5.74) is 1.54. The zero-order chi connectivity index (χ0) is 27.3. The zero-order valence-electron chi connectivity index (χ0n) is 20.6. The normalized spacial score (nSPS) is 15.1. The van der Waals surface area contributed by atoms with Crippen molar-refractivity contribution in [3.63, 3.8) is 0 Å². The summed E-state index contributed by atoms with van der Waals surface area (Å²) in [7, 11) is -4.12.